The van der Waals surface area contributed by atoms with Gasteiger partial charge in [-0.2, -0.15) is 0 Å². The van der Waals surface area contributed by atoms with E-state index in [-0.39, 0.29) is 12.8 Å². The number of aliphatic carboxylic acids is 2. The van der Waals surface area contributed by atoms with E-state index < -0.39 is 19.7 Å². The molecule has 0 aromatic heterocycles. The zero-order valence-electron chi connectivity index (χ0n) is 11.7. The fourth-order valence-corrected chi connectivity index (χ4v) is 3.97. The van der Waals surface area contributed by atoms with Crippen LogP contribution in [0.1, 0.15) is 11.1 Å². The Kier molecular flexibility index (Phi) is 5.12. The molecule has 22 heavy (non-hydrogen) atoms. The van der Waals surface area contributed by atoms with Crippen LogP contribution in [-0.4, -0.2) is 22.2 Å². The highest BCUT2D eigenvalue weighted by atomic mass is 31.1. The van der Waals surface area contributed by atoms with Gasteiger partial charge in [0.05, 0.1) is 12.8 Å². The second-order valence-corrected chi connectivity index (χ2v) is 6.52. The van der Waals surface area contributed by atoms with Gasteiger partial charge in [-0.3, -0.25) is 9.59 Å². The van der Waals surface area contributed by atoms with Crippen molar-refractivity contribution < 1.29 is 24.4 Å². The van der Waals surface area contributed by atoms with Crippen molar-refractivity contribution in [1.82, 2.24) is 0 Å². The van der Waals surface area contributed by atoms with Gasteiger partial charge in [-0.15, -0.1) is 0 Å². The second-order valence-electron chi connectivity index (χ2n) is 4.78. The van der Waals surface area contributed by atoms with E-state index in [0.717, 1.165) is 0 Å². The lowest BCUT2D eigenvalue weighted by Gasteiger charge is -2.11. The number of hydrogen-bond donors (Lipinski definition) is 2. The Morgan fingerprint density at radius 2 is 1.14 bits per heavy atom. The van der Waals surface area contributed by atoms with Gasteiger partial charge in [0.15, 0.2) is 0 Å². The summed E-state index contributed by atoms with van der Waals surface area (Å²) in [7, 11) is -2.47. The van der Waals surface area contributed by atoms with E-state index in [9.17, 15) is 14.2 Å². The third kappa shape index (κ3) is 3.83. The molecule has 0 aliphatic rings. The van der Waals surface area contributed by atoms with Crippen molar-refractivity contribution in [2.75, 3.05) is 0 Å². The maximum atomic E-state index is 12.9. The molecule has 0 amide bonds. The average Bonchev–Trinajstić information content (AvgIpc) is 2.46. The first kappa shape index (κ1) is 16.0. The van der Waals surface area contributed by atoms with Crippen molar-refractivity contribution in [3.63, 3.8) is 0 Å². The van der Waals surface area contributed by atoms with Crippen LogP contribution >= 0.6 is 7.80 Å². The van der Waals surface area contributed by atoms with Crippen LogP contribution in [-0.2, 0) is 27.0 Å². The molecule has 114 valence electrons. The minimum atomic E-state index is -2.47. The molecule has 0 saturated heterocycles. The van der Waals surface area contributed by atoms with Crippen LogP contribution in [0, 0.1) is 0 Å². The van der Waals surface area contributed by atoms with Crippen LogP contribution < -0.4 is 10.6 Å². The van der Waals surface area contributed by atoms with Crippen molar-refractivity contribution in [3.05, 3.63) is 59.7 Å². The van der Waals surface area contributed by atoms with Gasteiger partial charge in [0.25, 0.3) is 0 Å². The summed E-state index contributed by atoms with van der Waals surface area (Å²) >= 11 is 0. The predicted octanol–water partition coefficient (Wildman–Crippen LogP) is 1.45. The summed E-state index contributed by atoms with van der Waals surface area (Å²) < 4.78 is 12.9. The Bertz CT molecular complexity index is 677. The number of hydrogen-bond acceptors (Lipinski definition) is 3. The van der Waals surface area contributed by atoms with Gasteiger partial charge >= 0.3 is 11.9 Å². The highest BCUT2D eigenvalue weighted by molar-refractivity contribution is 7.61. The molecule has 2 rings (SSSR count). The molecule has 0 aliphatic heterocycles. The summed E-state index contributed by atoms with van der Waals surface area (Å²) in [5.41, 5.74) is 0.980. The molecule has 5 nitrogen and oxygen atoms in total. The van der Waals surface area contributed by atoms with Crippen molar-refractivity contribution in [2.24, 2.45) is 0 Å². The Hall–Kier alpha value is -2.39. The fourth-order valence-electron chi connectivity index (χ4n) is 2.26. The van der Waals surface area contributed by atoms with Crippen LogP contribution in [0.4, 0.5) is 0 Å². The summed E-state index contributed by atoms with van der Waals surface area (Å²) in [5.74, 6) is -2.00. The highest BCUT2D eigenvalue weighted by Crippen LogP contribution is 2.24. The molecule has 2 N–H and O–H groups in total. The minimum Gasteiger partial charge on any atom is -0.481 e. The molecule has 0 saturated carbocycles. The number of carboxylic acid groups (broad SMARTS) is 2. The number of benzene rings is 2. The smallest absolute Gasteiger partial charge is 0.307 e. The van der Waals surface area contributed by atoms with Gasteiger partial charge in [0.2, 0.25) is 0 Å². The normalized spacial score (nSPS) is 10.6. The van der Waals surface area contributed by atoms with Gasteiger partial charge in [-0.25, -0.2) is 0 Å². The SMILES string of the molecule is O=C(O)Cc1ccccc1[PH](=O)c1ccccc1CC(=O)O. The van der Waals surface area contributed by atoms with E-state index in [1.807, 2.05) is 0 Å². The highest BCUT2D eigenvalue weighted by Gasteiger charge is 2.17. The lowest BCUT2D eigenvalue weighted by Crippen LogP contribution is -2.18. The molecule has 6 heteroatoms. The average molecular weight is 318 g/mol. The van der Waals surface area contributed by atoms with Crippen LogP contribution in [0.2, 0.25) is 0 Å². The first-order chi connectivity index (χ1) is 10.5. The maximum absolute atomic E-state index is 12.9. The first-order valence-corrected chi connectivity index (χ1v) is 8.04. The predicted molar refractivity (Wildman–Crippen MR) is 83.8 cm³/mol. The maximum Gasteiger partial charge on any atom is 0.307 e. The Balaban J connectivity index is 2.45. The molecular formula is C16H15O5P. The quantitative estimate of drug-likeness (QED) is 0.787. The third-order valence-electron chi connectivity index (χ3n) is 3.21. The van der Waals surface area contributed by atoms with Crippen LogP contribution in [0.25, 0.3) is 0 Å². The molecule has 0 spiro atoms. The molecule has 0 unspecified atom stereocenters. The van der Waals surface area contributed by atoms with Crippen LogP contribution in [0.5, 0.6) is 0 Å². The van der Waals surface area contributed by atoms with E-state index in [1.54, 1.807) is 48.5 Å². The summed E-state index contributed by atoms with van der Waals surface area (Å²) in [6, 6.07) is 13.3. The molecule has 0 bridgehead atoms. The van der Waals surface area contributed by atoms with Gasteiger partial charge in [0.1, 0.15) is 7.80 Å². The molecule has 2 aromatic carbocycles. The van der Waals surface area contributed by atoms with E-state index in [1.165, 1.54) is 0 Å². The Labute approximate surface area is 128 Å². The van der Waals surface area contributed by atoms with Crippen molar-refractivity contribution in [2.45, 2.75) is 12.8 Å². The molecular weight excluding hydrogens is 303 g/mol. The summed E-state index contributed by atoms with van der Waals surface area (Å²) in [5, 5.41) is 18.8. The fraction of sp³-hybridized carbons (Fsp3) is 0.125. The van der Waals surface area contributed by atoms with E-state index in [4.69, 9.17) is 10.2 Å². The molecule has 0 heterocycles. The van der Waals surface area contributed by atoms with E-state index in [0.29, 0.717) is 21.7 Å². The zero-order valence-corrected chi connectivity index (χ0v) is 12.7. The molecule has 0 atom stereocenters. The van der Waals surface area contributed by atoms with E-state index >= 15 is 0 Å². The minimum absolute atomic E-state index is 0.215. The summed E-state index contributed by atoms with van der Waals surface area (Å²) in [4.78, 5) is 21.8. The summed E-state index contributed by atoms with van der Waals surface area (Å²) in [6.07, 6.45) is -0.429. The molecule has 2 aromatic rings. The van der Waals surface area contributed by atoms with Crippen molar-refractivity contribution in [1.29, 1.82) is 0 Å². The van der Waals surface area contributed by atoms with Crippen LogP contribution in [0.15, 0.2) is 48.5 Å². The van der Waals surface area contributed by atoms with Gasteiger partial charge in [0, 0.05) is 10.6 Å². The monoisotopic (exact) mass is 318 g/mol. The lowest BCUT2D eigenvalue weighted by molar-refractivity contribution is -0.137. The molecule has 0 radical (unpaired) electrons. The van der Waals surface area contributed by atoms with Gasteiger partial charge in [-0.05, 0) is 11.1 Å². The third-order valence-corrected chi connectivity index (χ3v) is 5.16. The first-order valence-electron chi connectivity index (χ1n) is 6.63. The second kappa shape index (κ2) is 7.05. The lowest BCUT2D eigenvalue weighted by atomic mass is 10.1. The van der Waals surface area contributed by atoms with Crippen molar-refractivity contribution >= 4 is 30.3 Å². The zero-order chi connectivity index (χ0) is 16.1. The molecule has 0 fully saturated rings. The standard InChI is InChI=1S/C16H15O5P/c17-15(18)9-11-5-1-3-7-13(11)22(21)14-8-4-2-6-12(14)10-16(19)20/h1-8,22H,9-10H2,(H,17,18)(H,19,20). The topological polar surface area (TPSA) is 91.7 Å². The Morgan fingerprint density at radius 3 is 1.50 bits per heavy atom. The van der Waals surface area contributed by atoms with E-state index in [2.05, 4.69) is 0 Å². The number of rotatable bonds is 6. The van der Waals surface area contributed by atoms with Gasteiger partial charge < -0.3 is 14.8 Å². The van der Waals surface area contributed by atoms with Gasteiger partial charge in [-0.1, -0.05) is 48.5 Å². The number of carbonyl (C=O) groups is 2. The Morgan fingerprint density at radius 1 is 0.773 bits per heavy atom. The largest absolute Gasteiger partial charge is 0.481 e. The van der Waals surface area contributed by atoms with Crippen LogP contribution in [0.3, 0.4) is 0 Å². The summed E-state index contributed by atoms with van der Waals surface area (Å²) in [6.45, 7) is 0. The van der Waals surface area contributed by atoms with Crippen molar-refractivity contribution in [3.8, 4) is 0 Å². The number of carboxylic acids is 2. The molecule has 0 aliphatic carbocycles.